The Hall–Kier alpha value is -4.44. The Balaban J connectivity index is 1.54. The molecule has 0 saturated heterocycles. The van der Waals surface area contributed by atoms with Crippen LogP contribution in [0.15, 0.2) is 60.7 Å². The summed E-state index contributed by atoms with van der Waals surface area (Å²) >= 11 is 0. The number of ketones is 1. The highest BCUT2D eigenvalue weighted by Gasteiger charge is 2.27. The van der Waals surface area contributed by atoms with E-state index in [1.807, 2.05) is 42.5 Å². The molecule has 0 aliphatic carbocycles. The number of amides is 2. The van der Waals surface area contributed by atoms with Crippen LogP contribution in [0.1, 0.15) is 43.1 Å². The first kappa shape index (κ1) is 32.1. The van der Waals surface area contributed by atoms with Gasteiger partial charge in [0.1, 0.15) is 24.1 Å². The predicted molar refractivity (Wildman–Crippen MR) is 158 cm³/mol. The van der Waals surface area contributed by atoms with Crippen molar-refractivity contribution in [3.05, 3.63) is 71.8 Å². The summed E-state index contributed by atoms with van der Waals surface area (Å²) < 4.78 is 16.7. The molecule has 0 saturated carbocycles. The number of ether oxygens (including phenoxy) is 3. The Morgan fingerprint density at radius 1 is 0.905 bits per heavy atom. The minimum Gasteiger partial charge on any atom is -0.496 e. The van der Waals surface area contributed by atoms with Crippen molar-refractivity contribution in [2.45, 2.75) is 45.7 Å². The molecule has 10 heteroatoms. The molecule has 3 aromatic rings. The molecule has 0 aliphatic rings. The fourth-order valence-electron chi connectivity index (χ4n) is 4.42. The summed E-state index contributed by atoms with van der Waals surface area (Å²) in [7, 11) is 1.47. The monoisotopic (exact) mass is 578 g/mol. The number of carboxylic acid groups (broad SMARTS) is 1. The molecule has 0 bridgehead atoms. The van der Waals surface area contributed by atoms with Crippen LogP contribution >= 0.6 is 0 Å². The number of nitrogens with one attached hydrogen (secondary N) is 2. The van der Waals surface area contributed by atoms with E-state index in [1.54, 1.807) is 32.0 Å². The van der Waals surface area contributed by atoms with Gasteiger partial charge >= 0.3 is 5.97 Å². The molecule has 0 spiro atoms. The van der Waals surface area contributed by atoms with E-state index < -0.39 is 29.9 Å². The molecule has 224 valence electrons. The summed E-state index contributed by atoms with van der Waals surface area (Å²) in [6.07, 6.45) is -0.468. The smallest absolute Gasteiger partial charge is 0.305 e. The maximum atomic E-state index is 13.1. The first-order valence-corrected chi connectivity index (χ1v) is 13.8. The number of hydrogen-bond acceptors (Lipinski definition) is 7. The molecule has 0 heterocycles. The predicted octanol–water partition coefficient (Wildman–Crippen LogP) is 3.79. The van der Waals surface area contributed by atoms with Gasteiger partial charge < -0.3 is 30.0 Å². The lowest BCUT2D eigenvalue weighted by molar-refractivity contribution is -0.138. The quantitative estimate of drug-likeness (QED) is 0.172. The zero-order chi connectivity index (χ0) is 30.6. The van der Waals surface area contributed by atoms with Crippen molar-refractivity contribution in [2.75, 3.05) is 26.9 Å². The summed E-state index contributed by atoms with van der Waals surface area (Å²) in [5.74, 6) is -1.37. The average Bonchev–Trinajstić information content (AvgIpc) is 2.94. The summed E-state index contributed by atoms with van der Waals surface area (Å²) in [4.78, 5) is 49.3. The molecule has 10 nitrogen and oxygen atoms in total. The van der Waals surface area contributed by atoms with Crippen LogP contribution in [0, 0.1) is 5.92 Å². The number of methoxy groups -OCH3 is 1. The average molecular weight is 579 g/mol. The van der Waals surface area contributed by atoms with Crippen LogP contribution < -0.4 is 20.1 Å². The minimum absolute atomic E-state index is 0.0487. The summed E-state index contributed by atoms with van der Waals surface area (Å²) in [5.41, 5.74) is 0.949. The van der Waals surface area contributed by atoms with Crippen LogP contribution in [0.5, 0.6) is 11.5 Å². The molecule has 3 aromatic carbocycles. The number of carboxylic acids is 1. The maximum Gasteiger partial charge on any atom is 0.305 e. The van der Waals surface area contributed by atoms with Crippen LogP contribution in [0.2, 0.25) is 0 Å². The van der Waals surface area contributed by atoms with E-state index in [4.69, 9.17) is 14.2 Å². The molecular weight excluding hydrogens is 540 g/mol. The van der Waals surface area contributed by atoms with Gasteiger partial charge in [-0.25, -0.2) is 0 Å². The van der Waals surface area contributed by atoms with Crippen LogP contribution in [0.25, 0.3) is 10.8 Å². The Morgan fingerprint density at radius 3 is 2.31 bits per heavy atom. The van der Waals surface area contributed by atoms with Gasteiger partial charge in [0.05, 0.1) is 39.2 Å². The number of carbonyl (C=O) groups is 4. The van der Waals surface area contributed by atoms with Crippen LogP contribution in [-0.2, 0) is 25.5 Å². The van der Waals surface area contributed by atoms with Crippen LogP contribution in [-0.4, -0.2) is 67.7 Å². The molecule has 3 rings (SSSR count). The standard InChI is InChI=1S/C32H38N2O8/c1-20(2)31(34-29(36)17-25-15-23(21(3)35)10-12-28(25)40-4)32(39)33-26(18-30(37)38)19-41-13-14-42-27-11-9-22-7-5-6-8-24(22)16-27/h5-12,15-16,20,26,31H,13-14,17-19H2,1-4H3,(H,33,39)(H,34,36)(H,37,38)/t26?,31-/m0/s1. The molecule has 3 N–H and O–H groups in total. The molecular formula is C32H38N2O8. The number of Topliss-reactive ketones (excluding diaryl/α,β-unsaturated/α-hetero) is 1. The van der Waals surface area contributed by atoms with Gasteiger partial charge in [0.2, 0.25) is 11.8 Å². The van der Waals surface area contributed by atoms with Crippen molar-refractivity contribution in [1.82, 2.24) is 10.6 Å². The Bertz CT molecular complexity index is 1400. The van der Waals surface area contributed by atoms with Gasteiger partial charge in [0, 0.05) is 11.1 Å². The van der Waals surface area contributed by atoms with Crippen LogP contribution in [0.3, 0.4) is 0 Å². The largest absolute Gasteiger partial charge is 0.496 e. The van der Waals surface area contributed by atoms with Gasteiger partial charge in [-0.15, -0.1) is 0 Å². The van der Waals surface area contributed by atoms with Gasteiger partial charge in [-0.2, -0.15) is 0 Å². The molecule has 1 unspecified atom stereocenters. The van der Waals surface area contributed by atoms with E-state index >= 15 is 0 Å². The number of rotatable bonds is 16. The lowest BCUT2D eigenvalue weighted by atomic mass is 10.0. The number of hydrogen-bond donors (Lipinski definition) is 3. The van der Waals surface area contributed by atoms with E-state index in [9.17, 15) is 24.3 Å². The van der Waals surface area contributed by atoms with Crippen molar-refractivity contribution in [2.24, 2.45) is 5.92 Å². The van der Waals surface area contributed by atoms with Gasteiger partial charge in [-0.1, -0.05) is 44.2 Å². The van der Waals surface area contributed by atoms with E-state index in [-0.39, 0.29) is 44.4 Å². The zero-order valence-corrected chi connectivity index (χ0v) is 24.3. The second-order valence-corrected chi connectivity index (χ2v) is 10.3. The SMILES string of the molecule is COc1ccc(C(C)=O)cc1CC(=O)N[C@H](C(=O)NC(COCCOc1ccc2ccccc2c1)CC(=O)O)C(C)C. The van der Waals surface area contributed by atoms with E-state index in [2.05, 4.69) is 10.6 Å². The second-order valence-electron chi connectivity index (χ2n) is 10.3. The van der Waals surface area contributed by atoms with Crippen LogP contribution in [0.4, 0.5) is 0 Å². The summed E-state index contributed by atoms with van der Waals surface area (Å²) in [6.45, 7) is 5.35. The highest BCUT2D eigenvalue weighted by atomic mass is 16.5. The molecule has 42 heavy (non-hydrogen) atoms. The Morgan fingerprint density at radius 2 is 1.64 bits per heavy atom. The normalized spacial score (nSPS) is 12.4. The fraction of sp³-hybridized carbons (Fsp3) is 0.375. The topological polar surface area (TPSA) is 140 Å². The number of fused-ring (bicyclic) bond motifs is 1. The highest BCUT2D eigenvalue weighted by Crippen LogP contribution is 2.22. The lowest BCUT2D eigenvalue weighted by Crippen LogP contribution is -2.53. The first-order chi connectivity index (χ1) is 20.1. The van der Waals surface area contributed by atoms with E-state index in [0.29, 0.717) is 22.6 Å². The first-order valence-electron chi connectivity index (χ1n) is 13.8. The summed E-state index contributed by atoms with van der Waals surface area (Å²) in [5, 5.41) is 17.0. The van der Waals surface area contributed by atoms with E-state index in [1.165, 1.54) is 14.0 Å². The van der Waals surface area contributed by atoms with Gasteiger partial charge in [0.15, 0.2) is 5.78 Å². The summed E-state index contributed by atoms with van der Waals surface area (Å²) in [6, 6.07) is 16.8. The highest BCUT2D eigenvalue weighted by molar-refractivity contribution is 5.95. The zero-order valence-electron chi connectivity index (χ0n) is 24.3. The van der Waals surface area contributed by atoms with Gasteiger partial charge in [-0.05, 0) is 53.9 Å². The van der Waals surface area contributed by atoms with Gasteiger partial charge in [0.25, 0.3) is 0 Å². The molecule has 2 amide bonds. The van der Waals surface area contributed by atoms with Crippen molar-refractivity contribution in [3.8, 4) is 11.5 Å². The third kappa shape index (κ3) is 9.59. The van der Waals surface area contributed by atoms with Gasteiger partial charge in [-0.3, -0.25) is 19.2 Å². The number of benzene rings is 3. The molecule has 0 aromatic heterocycles. The Labute approximate surface area is 245 Å². The Kier molecular flexibility index (Phi) is 11.9. The molecule has 0 radical (unpaired) electrons. The second kappa shape index (κ2) is 15.5. The van der Waals surface area contributed by atoms with Crippen molar-refractivity contribution in [1.29, 1.82) is 0 Å². The molecule has 0 fully saturated rings. The minimum atomic E-state index is -1.10. The molecule has 0 aliphatic heterocycles. The molecule has 2 atom stereocenters. The number of carbonyl (C=O) groups excluding carboxylic acids is 3. The van der Waals surface area contributed by atoms with E-state index in [0.717, 1.165) is 10.8 Å². The van der Waals surface area contributed by atoms with Crippen molar-refractivity contribution >= 4 is 34.3 Å². The fourth-order valence-corrected chi connectivity index (χ4v) is 4.42. The third-order valence-corrected chi connectivity index (χ3v) is 6.61. The number of aliphatic carboxylic acids is 1. The lowest BCUT2D eigenvalue weighted by Gasteiger charge is -2.25. The maximum absolute atomic E-state index is 13.1. The van der Waals surface area contributed by atoms with Crippen molar-refractivity contribution < 1.29 is 38.5 Å². The van der Waals surface area contributed by atoms with Crippen molar-refractivity contribution in [3.63, 3.8) is 0 Å². The third-order valence-electron chi connectivity index (χ3n) is 6.61.